The van der Waals surface area contributed by atoms with E-state index in [2.05, 4.69) is 13.8 Å². The van der Waals surface area contributed by atoms with Gasteiger partial charge in [0.1, 0.15) is 0 Å². The smallest absolute Gasteiger partial charge is 0.550 e. The van der Waals surface area contributed by atoms with Gasteiger partial charge in [0.2, 0.25) is 0 Å². The third-order valence-electron chi connectivity index (χ3n) is 1.93. The van der Waals surface area contributed by atoms with Crippen molar-refractivity contribution in [2.75, 3.05) is 13.2 Å². The first-order valence-electron chi connectivity index (χ1n) is 7.98. The van der Waals surface area contributed by atoms with Crippen LogP contribution in [0.2, 0.25) is 0 Å². The average Bonchev–Trinajstić information content (AvgIpc) is 2.42. The molecule has 0 fully saturated rings. The monoisotopic (exact) mass is 370 g/mol. The molecule has 0 unspecified atom stereocenters. The molecule has 0 atom stereocenters. The van der Waals surface area contributed by atoms with Crippen molar-refractivity contribution in [2.45, 2.75) is 79.1 Å². The van der Waals surface area contributed by atoms with Gasteiger partial charge in [0.05, 0.1) is 0 Å². The van der Waals surface area contributed by atoms with Crippen molar-refractivity contribution in [1.82, 2.24) is 0 Å². The van der Waals surface area contributed by atoms with Crippen molar-refractivity contribution in [2.24, 2.45) is 0 Å². The fourth-order valence-corrected chi connectivity index (χ4v) is 0.724. The molecule has 0 rings (SSSR count). The van der Waals surface area contributed by atoms with Gasteiger partial charge in [-0.15, -0.1) is 0 Å². The summed E-state index contributed by atoms with van der Waals surface area (Å²) in [5, 5.41) is 35.1. The Morgan fingerprint density at radius 2 is 0.957 bits per heavy atom. The van der Waals surface area contributed by atoms with E-state index in [9.17, 15) is 19.8 Å². The van der Waals surface area contributed by atoms with Gasteiger partial charge >= 0.3 is 21.7 Å². The van der Waals surface area contributed by atoms with E-state index in [0.29, 0.717) is 26.1 Å². The van der Waals surface area contributed by atoms with E-state index in [4.69, 9.17) is 10.2 Å². The summed E-state index contributed by atoms with van der Waals surface area (Å²) in [5.74, 6) is -1.92. The summed E-state index contributed by atoms with van der Waals surface area (Å²) in [4.78, 5) is 19.0. The van der Waals surface area contributed by atoms with Crippen molar-refractivity contribution >= 4 is 11.9 Å². The van der Waals surface area contributed by atoms with E-state index in [0.717, 1.165) is 25.7 Å². The van der Waals surface area contributed by atoms with Crippen LogP contribution < -0.4 is 10.2 Å². The third-order valence-corrected chi connectivity index (χ3v) is 1.93. The number of carbonyl (C=O) groups excluding carboxylic acids is 2. The maximum Gasteiger partial charge on any atom is 2.00 e. The van der Waals surface area contributed by atoms with Crippen LogP contribution in [-0.2, 0) is 31.3 Å². The van der Waals surface area contributed by atoms with Gasteiger partial charge in [0.25, 0.3) is 0 Å². The molecule has 0 aliphatic carbocycles. The van der Waals surface area contributed by atoms with Crippen molar-refractivity contribution in [3.63, 3.8) is 0 Å². The van der Waals surface area contributed by atoms with Gasteiger partial charge in [0, 0.05) is 25.2 Å². The zero-order valence-electron chi connectivity index (χ0n) is 15.1. The first kappa shape index (κ1) is 34.0. The molecule has 0 amide bonds. The maximum atomic E-state index is 9.49. The molecule has 0 bridgehead atoms. The summed E-state index contributed by atoms with van der Waals surface area (Å²) in [6, 6.07) is 0. The standard InChI is InChI=1S/2C4H8O2.2C4H10O.Ti/c2*1-2-3-4(5)6;2*1-2-3-4-5;/h2*2-3H2,1H3,(H,5,6);2*5H,2-4H2,1H3;/q;;;;+2/p-2. The van der Waals surface area contributed by atoms with Gasteiger partial charge in [-0.25, -0.2) is 0 Å². The molecule has 2 N–H and O–H groups in total. The quantitative estimate of drug-likeness (QED) is 0.605. The minimum Gasteiger partial charge on any atom is -0.550 e. The number of aliphatic hydroxyl groups excluding tert-OH is 2. The second kappa shape index (κ2) is 37.7. The average molecular weight is 370 g/mol. The first-order valence-corrected chi connectivity index (χ1v) is 7.98. The van der Waals surface area contributed by atoms with Crippen LogP contribution in [0.15, 0.2) is 0 Å². The maximum absolute atomic E-state index is 9.49. The van der Waals surface area contributed by atoms with Crippen LogP contribution in [0.4, 0.5) is 0 Å². The Morgan fingerprint density at radius 3 is 0.957 bits per heavy atom. The molecule has 0 spiro atoms. The molecular formula is C16H34O6Ti. The molecule has 0 saturated carbocycles. The molecule has 0 aliphatic rings. The van der Waals surface area contributed by atoms with E-state index in [-0.39, 0.29) is 34.6 Å². The molecule has 0 aromatic heterocycles. The number of carboxylic acids is 2. The van der Waals surface area contributed by atoms with E-state index < -0.39 is 11.9 Å². The zero-order chi connectivity index (χ0) is 18.2. The summed E-state index contributed by atoms with van der Waals surface area (Å²) in [6.07, 6.45) is 5.78. The molecule has 0 aliphatic heterocycles. The number of rotatable bonds is 8. The second-order valence-electron chi connectivity index (χ2n) is 4.40. The molecule has 138 valence electrons. The third kappa shape index (κ3) is 90.2. The van der Waals surface area contributed by atoms with Crippen molar-refractivity contribution < 1.29 is 51.7 Å². The van der Waals surface area contributed by atoms with E-state index >= 15 is 0 Å². The fourth-order valence-electron chi connectivity index (χ4n) is 0.724. The van der Waals surface area contributed by atoms with Crippen molar-refractivity contribution in [1.29, 1.82) is 0 Å². The number of aliphatic hydroxyl groups is 2. The molecule has 0 radical (unpaired) electrons. The number of carboxylic acid groups (broad SMARTS) is 2. The van der Waals surface area contributed by atoms with Gasteiger partial charge in [-0.05, 0) is 25.7 Å². The van der Waals surface area contributed by atoms with Crippen molar-refractivity contribution in [3.05, 3.63) is 0 Å². The molecule has 0 aromatic carbocycles. The second-order valence-corrected chi connectivity index (χ2v) is 4.40. The molecule has 6 nitrogen and oxygen atoms in total. The molecule has 0 aromatic rings. The van der Waals surface area contributed by atoms with Crippen molar-refractivity contribution in [3.8, 4) is 0 Å². The number of carbonyl (C=O) groups is 2. The predicted octanol–water partition coefficient (Wildman–Crippen LogP) is 0.628. The summed E-state index contributed by atoms with van der Waals surface area (Å²) >= 11 is 0. The molecule has 23 heavy (non-hydrogen) atoms. The van der Waals surface area contributed by atoms with E-state index in [1.54, 1.807) is 13.8 Å². The summed E-state index contributed by atoms with van der Waals surface area (Å²) in [5.41, 5.74) is 0. The summed E-state index contributed by atoms with van der Waals surface area (Å²) < 4.78 is 0. The predicted molar refractivity (Wildman–Crippen MR) is 83.8 cm³/mol. The number of hydrogen-bond acceptors (Lipinski definition) is 6. The summed E-state index contributed by atoms with van der Waals surface area (Å²) in [6.45, 7) is 8.39. The number of aliphatic carboxylic acids is 2. The van der Waals surface area contributed by atoms with Gasteiger partial charge in [-0.2, -0.15) is 0 Å². The van der Waals surface area contributed by atoms with Crippen LogP contribution in [0.25, 0.3) is 0 Å². The Balaban J connectivity index is -0.0000000620. The van der Waals surface area contributed by atoms with Crippen LogP contribution in [0.5, 0.6) is 0 Å². The van der Waals surface area contributed by atoms with E-state index in [1.807, 2.05) is 0 Å². The minimum atomic E-state index is -0.961. The number of unbranched alkanes of at least 4 members (excludes halogenated alkanes) is 2. The van der Waals surface area contributed by atoms with Crippen LogP contribution >= 0.6 is 0 Å². The van der Waals surface area contributed by atoms with E-state index in [1.165, 1.54) is 0 Å². The Hall–Kier alpha value is -0.426. The molecule has 0 saturated heterocycles. The van der Waals surface area contributed by atoms with Crippen LogP contribution in [-0.4, -0.2) is 35.4 Å². The molecular weight excluding hydrogens is 336 g/mol. The Labute approximate surface area is 156 Å². The van der Waals surface area contributed by atoms with Gasteiger partial charge in [-0.3, -0.25) is 0 Å². The van der Waals surface area contributed by atoms with Crippen LogP contribution in [0.1, 0.15) is 79.1 Å². The normalized spacial score (nSPS) is 7.91. The summed E-state index contributed by atoms with van der Waals surface area (Å²) in [7, 11) is 0. The number of hydrogen-bond donors (Lipinski definition) is 2. The SMILES string of the molecule is CCCC(=O)[O-].CCCC(=O)[O-].CCCCO.CCCCO.[Ti+2]. The van der Waals surface area contributed by atoms with Gasteiger partial charge in [0.15, 0.2) is 0 Å². The minimum absolute atomic E-state index is 0. The Morgan fingerprint density at radius 1 is 0.696 bits per heavy atom. The van der Waals surface area contributed by atoms with Gasteiger partial charge in [-0.1, -0.05) is 53.4 Å². The zero-order valence-corrected chi connectivity index (χ0v) is 16.7. The largest absolute Gasteiger partial charge is 2.00 e. The van der Waals surface area contributed by atoms with Crippen LogP contribution in [0, 0.1) is 0 Å². The first-order chi connectivity index (χ1) is 10.4. The molecule has 7 heteroatoms. The molecule has 0 heterocycles. The fraction of sp³-hybridized carbons (Fsp3) is 0.875. The topological polar surface area (TPSA) is 121 Å². The van der Waals surface area contributed by atoms with Crippen LogP contribution in [0.3, 0.4) is 0 Å². The Bertz CT molecular complexity index is 187. The Kier molecular flexibility index (Phi) is 55.7. The van der Waals surface area contributed by atoms with Gasteiger partial charge < -0.3 is 30.0 Å².